The first-order valence-corrected chi connectivity index (χ1v) is 18.9. The molecule has 0 unspecified atom stereocenters. The largest absolute Gasteiger partial charge is 0.208 e. The highest BCUT2D eigenvalue weighted by Gasteiger charge is 2.37. The zero-order valence-electron chi connectivity index (χ0n) is 30.7. The van der Waals surface area contributed by atoms with Crippen LogP contribution in [0.3, 0.4) is 0 Å². The maximum Gasteiger partial charge on any atom is 0.164 e. The molecule has 1 aromatic heterocycles. The van der Waals surface area contributed by atoms with Crippen molar-refractivity contribution in [3.63, 3.8) is 0 Å². The molecule has 1 aliphatic carbocycles. The Bertz CT molecular complexity index is 2790. The van der Waals surface area contributed by atoms with Gasteiger partial charge in [0.05, 0.1) is 0 Å². The van der Waals surface area contributed by atoms with E-state index in [0.717, 1.165) is 49.7 Å². The lowest BCUT2D eigenvalue weighted by atomic mass is 9.78. The molecule has 260 valence electrons. The van der Waals surface area contributed by atoms with E-state index in [-0.39, 0.29) is 5.41 Å². The lowest BCUT2D eigenvalue weighted by Crippen LogP contribution is -2.16. The van der Waals surface area contributed by atoms with E-state index < -0.39 is 0 Å². The molecule has 0 N–H and O–H groups in total. The van der Waals surface area contributed by atoms with Gasteiger partial charge in [0.1, 0.15) is 0 Å². The van der Waals surface area contributed by atoms with Crippen molar-refractivity contribution in [1.82, 2.24) is 15.0 Å². The number of rotatable bonds is 6. The number of nitrogens with zero attached hydrogens (tertiary/aromatic N) is 3. The summed E-state index contributed by atoms with van der Waals surface area (Å²) in [6.45, 7) is 4.70. The first-order valence-electron chi connectivity index (χ1n) is 18.9. The highest BCUT2D eigenvalue weighted by molar-refractivity contribution is 5.99. The Morgan fingerprint density at radius 1 is 0.327 bits per heavy atom. The van der Waals surface area contributed by atoms with Gasteiger partial charge in [0, 0.05) is 22.1 Å². The zero-order chi connectivity index (χ0) is 36.9. The Morgan fingerprint density at radius 3 is 1.49 bits per heavy atom. The maximum atomic E-state index is 5.21. The van der Waals surface area contributed by atoms with Gasteiger partial charge >= 0.3 is 0 Å². The first-order chi connectivity index (χ1) is 27.0. The average molecular weight is 704 g/mol. The van der Waals surface area contributed by atoms with Crippen LogP contribution in [0.15, 0.2) is 188 Å². The average Bonchev–Trinajstić information content (AvgIpc) is 3.50. The molecule has 3 heteroatoms. The number of fused-ring (bicyclic) bond motifs is 4. The van der Waals surface area contributed by atoms with Crippen LogP contribution in [0, 0.1) is 0 Å². The second kappa shape index (κ2) is 13.2. The highest BCUT2D eigenvalue weighted by Crippen LogP contribution is 2.52. The third-order valence-electron chi connectivity index (χ3n) is 11.1. The fourth-order valence-electron chi connectivity index (χ4n) is 8.43. The van der Waals surface area contributed by atoms with Crippen LogP contribution in [-0.4, -0.2) is 15.0 Å². The van der Waals surface area contributed by atoms with Crippen LogP contribution < -0.4 is 0 Å². The molecule has 0 spiro atoms. The molecule has 0 atom stereocenters. The normalized spacial score (nSPS) is 12.7. The molecular formula is C52H37N3. The molecule has 0 aliphatic heterocycles. The third kappa shape index (κ3) is 5.73. The van der Waals surface area contributed by atoms with Crippen LogP contribution in [0.1, 0.15) is 25.0 Å². The molecule has 9 aromatic rings. The zero-order valence-corrected chi connectivity index (χ0v) is 30.7. The highest BCUT2D eigenvalue weighted by atomic mass is 15.0. The molecule has 1 heterocycles. The van der Waals surface area contributed by atoms with Crippen molar-refractivity contribution in [3.05, 3.63) is 199 Å². The standard InChI is InChI=1S/C52H37N3/c1-52(2)47-28-10-9-24-44(47)45-26-14-25-43(48(45)52)39-29-30-42-38(33-39)21-13-27-46(42)51-54-49(40-22-11-19-36(31-40)34-15-5-3-6-16-34)53-50(55-51)41-23-12-20-37(32-41)35-17-7-4-8-18-35/h3-33H,1-2H3. The minimum atomic E-state index is -0.105. The SMILES string of the molecule is CC1(C)c2ccccc2-c2cccc(-c3ccc4c(-c5nc(-c6cccc(-c7ccccc7)c6)nc(-c6cccc(-c7ccccc7)c6)n5)cccc4c3)c21. The Hall–Kier alpha value is -6.97. The molecular weight excluding hydrogens is 667 g/mol. The summed E-state index contributed by atoms with van der Waals surface area (Å²) in [4.78, 5) is 15.6. The van der Waals surface area contributed by atoms with E-state index in [1.807, 2.05) is 12.1 Å². The first kappa shape index (κ1) is 32.7. The van der Waals surface area contributed by atoms with E-state index >= 15 is 0 Å². The van der Waals surface area contributed by atoms with Crippen LogP contribution in [0.25, 0.3) is 89.4 Å². The van der Waals surface area contributed by atoms with Crippen molar-refractivity contribution in [3.8, 4) is 78.7 Å². The smallest absolute Gasteiger partial charge is 0.164 e. The van der Waals surface area contributed by atoms with Gasteiger partial charge in [0.2, 0.25) is 0 Å². The maximum absolute atomic E-state index is 5.21. The predicted molar refractivity (Wildman–Crippen MR) is 228 cm³/mol. The molecule has 10 rings (SSSR count). The van der Waals surface area contributed by atoms with Gasteiger partial charge in [0.25, 0.3) is 0 Å². The Morgan fingerprint density at radius 2 is 0.818 bits per heavy atom. The lowest BCUT2D eigenvalue weighted by Gasteiger charge is -2.24. The summed E-state index contributed by atoms with van der Waals surface area (Å²) in [7, 11) is 0. The predicted octanol–water partition coefficient (Wildman–Crippen LogP) is 13.3. The van der Waals surface area contributed by atoms with Crippen LogP contribution in [-0.2, 0) is 5.41 Å². The quantitative estimate of drug-likeness (QED) is 0.173. The third-order valence-corrected chi connectivity index (χ3v) is 11.1. The van der Waals surface area contributed by atoms with Gasteiger partial charge in [-0.25, -0.2) is 15.0 Å². The number of hydrogen-bond donors (Lipinski definition) is 0. The van der Waals surface area contributed by atoms with Crippen molar-refractivity contribution >= 4 is 10.8 Å². The number of hydrogen-bond acceptors (Lipinski definition) is 3. The van der Waals surface area contributed by atoms with Gasteiger partial charge in [-0.05, 0) is 84.6 Å². The van der Waals surface area contributed by atoms with E-state index in [9.17, 15) is 0 Å². The minimum Gasteiger partial charge on any atom is -0.208 e. The van der Waals surface area contributed by atoms with Crippen LogP contribution >= 0.6 is 0 Å². The van der Waals surface area contributed by atoms with Crippen molar-refractivity contribution < 1.29 is 0 Å². The fraction of sp³-hybridized carbons (Fsp3) is 0.0577. The molecule has 0 saturated carbocycles. The van der Waals surface area contributed by atoms with E-state index in [2.05, 4.69) is 190 Å². The second-order valence-electron chi connectivity index (χ2n) is 14.8. The van der Waals surface area contributed by atoms with E-state index in [1.54, 1.807) is 0 Å². The molecule has 0 bridgehead atoms. The summed E-state index contributed by atoms with van der Waals surface area (Å²) in [5.41, 5.74) is 15.2. The topological polar surface area (TPSA) is 38.7 Å². The monoisotopic (exact) mass is 703 g/mol. The van der Waals surface area contributed by atoms with E-state index in [4.69, 9.17) is 15.0 Å². The van der Waals surface area contributed by atoms with Crippen LogP contribution in [0.2, 0.25) is 0 Å². The lowest BCUT2D eigenvalue weighted by molar-refractivity contribution is 0.662. The van der Waals surface area contributed by atoms with E-state index in [1.165, 1.54) is 33.4 Å². The van der Waals surface area contributed by atoms with Gasteiger partial charge in [-0.2, -0.15) is 0 Å². The fourth-order valence-corrected chi connectivity index (χ4v) is 8.43. The van der Waals surface area contributed by atoms with Gasteiger partial charge in [-0.15, -0.1) is 0 Å². The molecule has 3 nitrogen and oxygen atoms in total. The van der Waals surface area contributed by atoms with Crippen LogP contribution in [0.4, 0.5) is 0 Å². The molecule has 0 radical (unpaired) electrons. The number of benzene rings is 8. The minimum absolute atomic E-state index is 0.105. The summed E-state index contributed by atoms with van der Waals surface area (Å²) in [6.07, 6.45) is 0. The second-order valence-corrected chi connectivity index (χ2v) is 14.8. The van der Waals surface area contributed by atoms with Gasteiger partial charge in [-0.1, -0.05) is 184 Å². The Balaban J connectivity index is 1.12. The summed E-state index contributed by atoms with van der Waals surface area (Å²) in [5, 5.41) is 2.24. The van der Waals surface area contributed by atoms with Gasteiger partial charge < -0.3 is 0 Å². The molecule has 55 heavy (non-hydrogen) atoms. The molecule has 0 fully saturated rings. The summed E-state index contributed by atoms with van der Waals surface area (Å²) in [5.74, 6) is 1.92. The van der Waals surface area contributed by atoms with E-state index in [0.29, 0.717) is 17.5 Å². The molecule has 0 amide bonds. The van der Waals surface area contributed by atoms with Crippen molar-refractivity contribution in [2.75, 3.05) is 0 Å². The Labute approximate surface area is 321 Å². The van der Waals surface area contributed by atoms with Gasteiger partial charge in [0.15, 0.2) is 17.5 Å². The summed E-state index contributed by atoms with van der Waals surface area (Å²) in [6, 6.07) is 66.7. The van der Waals surface area contributed by atoms with Crippen molar-refractivity contribution in [2.45, 2.75) is 19.3 Å². The number of aromatic nitrogens is 3. The van der Waals surface area contributed by atoms with Crippen molar-refractivity contribution in [1.29, 1.82) is 0 Å². The summed E-state index contributed by atoms with van der Waals surface area (Å²) >= 11 is 0. The molecule has 0 saturated heterocycles. The van der Waals surface area contributed by atoms with Crippen LogP contribution in [0.5, 0.6) is 0 Å². The van der Waals surface area contributed by atoms with Gasteiger partial charge in [-0.3, -0.25) is 0 Å². The Kier molecular flexibility index (Phi) is 7.81. The molecule has 1 aliphatic rings. The van der Waals surface area contributed by atoms with Crippen molar-refractivity contribution in [2.24, 2.45) is 0 Å². The molecule has 8 aromatic carbocycles. The summed E-state index contributed by atoms with van der Waals surface area (Å²) < 4.78 is 0.